The van der Waals surface area contributed by atoms with Gasteiger partial charge in [0, 0.05) is 27.4 Å². The summed E-state index contributed by atoms with van der Waals surface area (Å²) in [6, 6.07) is 20.0. The Morgan fingerprint density at radius 2 is 1.80 bits per heavy atom. The molecule has 0 fully saturated rings. The fraction of sp³-hybridized carbons (Fsp3) is 0.100. The van der Waals surface area contributed by atoms with E-state index in [1.807, 2.05) is 42.5 Å². The van der Waals surface area contributed by atoms with Crippen LogP contribution in [0.1, 0.15) is 21.6 Å². The van der Waals surface area contributed by atoms with Crippen molar-refractivity contribution in [3.05, 3.63) is 87.3 Å². The smallest absolute Gasteiger partial charge is 0.246 e. The topological polar surface area (TPSA) is 41.5 Å². The van der Waals surface area contributed by atoms with Gasteiger partial charge in [0.15, 0.2) is 0 Å². The van der Waals surface area contributed by atoms with Gasteiger partial charge in [0.1, 0.15) is 11.5 Å². The molecular weight excluding hydrogens is 352 g/mol. The highest BCUT2D eigenvalue weighted by molar-refractivity contribution is 7.16. The molecule has 124 valence electrons. The summed E-state index contributed by atoms with van der Waals surface area (Å²) in [5, 5.41) is 4.45. The molecule has 4 rings (SSSR count). The van der Waals surface area contributed by atoms with Crippen LogP contribution in [0.2, 0.25) is 5.02 Å². The minimum absolute atomic E-state index is 0.101. The van der Waals surface area contributed by atoms with Gasteiger partial charge in [0.05, 0.1) is 5.71 Å². The predicted octanol–water partition coefficient (Wildman–Crippen LogP) is 4.78. The molecule has 5 heteroatoms. The van der Waals surface area contributed by atoms with E-state index in [0.29, 0.717) is 5.02 Å². The molecule has 0 unspecified atom stereocenters. The monoisotopic (exact) mass is 366 g/mol. The molecular formula is C20H15ClN2OS. The number of aliphatic imine (C=N–C) groups is 1. The first-order valence-corrected chi connectivity index (χ1v) is 9.16. The van der Waals surface area contributed by atoms with Crippen LogP contribution in [0, 0.1) is 0 Å². The first-order chi connectivity index (χ1) is 12.2. The SMILES string of the molecule is O=C1CN=C(c2ccccc2Cl)c2cc(Cc3ccccc3)sc2N1. The van der Waals surface area contributed by atoms with Crippen LogP contribution in [0.5, 0.6) is 0 Å². The lowest BCUT2D eigenvalue weighted by Crippen LogP contribution is -2.12. The Bertz CT molecular complexity index is 963. The standard InChI is InChI=1S/C20H15ClN2OS/c21-17-9-5-4-8-15(17)19-16-11-14(10-13-6-2-1-3-7-13)25-20(16)23-18(24)12-22-19/h1-9,11H,10,12H2,(H,23,24). The second-order valence-electron chi connectivity index (χ2n) is 5.81. The van der Waals surface area contributed by atoms with Crippen molar-refractivity contribution in [2.24, 2.45) is 4.99 Å². The summed E-state index contributed by atoms with van der Waals surface area (Å²) in [5.41, 5.74) is 3.80. The molecule has 3 nitrogen and oxygen atoms in total. The average molecular weight is 367 g/mol. The summed E-state index contributed by atoms with van der Waals surface area (Å²) in [6.45, 7) is 0.107. The zero-order valence-corrected chi connectivity index (χ0v) is 14.9. The summed E-state index contributed by atoms with van der Waals surface area (Å²) in [5.74, 6) is -0.101. The van der Waals surface area contributed by atoms with Gasteiger partial charge in [0.25, 0.3) is 0 Å². The van der Waals surface area contributed by atoms with Gasteiger partial charge >= 0.3 is 0 Å². The molecule has 1 amide bonds. The van der Waals surface area contributed by atoms with Gasteiger partial charge in [-0.05, 0) is 17.7 Å². The summed E-state index contributed by atoms with van der Waals surface area (Å²) >= 11 is 7.96. The number of halogens is 1. The van der Waals surface area contributed by atoms with Crippen LogP contribution in [-0.4, -0.2) is 18.2 Å². The van der Waals surface area contributed by atoms with E-state index < -0.39 is 0 Å². The zero-order chi connectivity index (χ0) is 17.2. The van der Waals surface area contributed by atoms with E-state index in [4.69, 9.17) is 11.6 Å². The van der Waals surface area contributed by atoms with Gasteiger partial charge in [-0.1, -0.05) is 60.1 Å². The third kappa shape index (κ3) is 3.36. The fourth-order valence-corrected chi connectivity index (χ4v) is 4.21. The minimum Gasteiger partial charge on any atom is -0.316 e. The van der Waals surface area contributed by atoms with E-state index in [1.54, 1.807) is 11.3 Å². The quantitative estimate of drug-likeness (QED) is 0.712. The van der Waals surface area contributed by atoms with Crippen molar-refractivity contribution < 1.29 is 4.79 Å². The molecule has 0 saturated carbocycles. The Morgan fingerprint density at radius 1 is 1.04 bits per heavy atom. The second-order valence-corrected chi connectivity index (χ2v) is 7.35. The van der Waals surface area contributed by atoms with Gasteiger partial charge in [-0.2, -0.15) is 0 Å². The van der Waals surface area contributed by atoms with Crippen molar-refractivity contribution in [2.75, 3.05) is 11.9 Å². The normalized spacial score (nSPS) is 13.6. The van der Waals surface area contributed by atoms with E-state index in [0.717, 1.165) is 28.3 Å². The predicted molar refractivity (Wildman–Crippen MR) is 104 cm³/mol. The molecule has 1 aliphatic heterocycles. The molecule has 1 aliphatic rings. The van der Waals surface area contributed by atoms with Gasteiger partial charge < -0.3 is 5.32 Å². The van der Waals surface area contributed by atoms with Crippen molar-refractivity contribution in [1.82, 2.24) is 0 Å². The van der Waals surface area contributed by atoms with Crippen molar-refractivity contribution in [1.29, 1.82) is 0 Å². The maximum Gasteiger partial charge on any atom is 0.246 e. The second kappa shape index (κ2) is 6.82. The third-order valence-electron chi connectivity index (χ3n) is 4.02. The van der Waals surface area contributed by atoms with Crippen LogP contribution >= 0.6 is 22.9 Å². The molecule has 1 aromatic heterocycles. The molecule has 1 N–H and O–H groups in total. The van der Waals surface area contributed by atoms with Crippen LogP contribution in [0.3, 0.4) is 0 Å². The summed E-state index contributed by atoms with van der Waals surface area (Å²) in [7, 11) is 0. The highest BCUT2D eigenvalue weighted by Crippen LogP contribution is 2.34. The number of carbonyl (C=O) groups excluding carboxylic acids is 1. The fourth-order valence-electron chi connectivity index (χ4n) is 2.88. The number of hydrogen-bond donors (Lipinski definition) is 1. The maximum atomic E-state index is 12.0. The van der Waals surface area contributed by atoms with E-state index in [-0.39, 0.29) is 12.5 Å². The zero-order valence-electron chi connectivity index (χ0n) is 13.3. The van der Waals surface area contributed by atoms with E-state index in [1.165, 1.54) is 10.4 Å². The van der Waals surface area contributed by atoms with Crippen molar-refractivity contribution in [3.63, 3.8) is 0 Å². The van der Waals surface area contributed by atoms with E-state index in [2.05, 4.69) is 28.5 Å². The lowest BCUT2D eigenvalue weighted by Gasteiger charge is -2.07. The van der Waals surface area contributed by atoms with Crippen LogP contribution in [0.4, 0.5) is 5.00 Å². The number of anilines is 1. The van der Waals surface area contributed by atoms with Gasteiger partial charge in [-0.25, -0.2) is 0 Å². The van der Waals surface area contributed by atoms with E-state index >= 15 is 0 Å². The molecule has 0 atom stereocenters. The number of amides is 1. The van der Waals surface area contributed by atoms with Gasteiger partial charge in [0.2, 0.25) is 5.91 Å². The van der Waals surface area contributed by atoms with Crippen molar-refractivity contribution in [3.8, 4) is 0 Å². The molecule has 25 heavy (non-hydrogen) atoms. The van der Waals surface area contributed by atoms with Gasteiger partial charge in [-0.3, -0.25) is 9.79 Å². The first-order valence-electron chi connectivity index (χ1n) is 7.97. The minimum atomic E-state index is -0.101. The molecule has 0 spiro atoms. The number of thiophene rings is 1. The molecule has 0 bridgehead atoms. The Hall–Kier alpha value is -2.43. The number of fused-ring (bicyclic) bond motifs is 1. The lowest BCUT2D eigenvalue weighted by atomic mass is 10.0. The molecule has 0 aliphatic carbocycles. The molecule has 2 aromatic carbocycles. The lowest BCUT2D eigenvalue weighted by molar-refractivity contribution is -0.114. The highest BCUT2D eigenvalue weighted by Gasteiger charge is 2.22. The average Bonchev–Trinajstić information content (AvgIpc) is 2.92. The summed E-state index contributed by atoms with van der Waals surface area (Å²) in [4.78, 5) is 17.7. The van der Waals surface area contributed by atoms with Crippen LogP contribution in [0.15, 0.2) is 65.7 Å². The summed E-state index contributed by atoms with van der Waals surface area (Å²) < 4.78 is 0. The Morgan fingerprint density at radius 3 is 2.60 bits per heavy atom. The Kier molecular flexibility index (Phi) is 4.38. The largest absolute Gasteiger partial charge is 0.316 e. The Labute approximate surface area is 155 Å². The molecule has 0 radical (unpaired) electrons. The number of hydrogen-bond acceptors (Lipinski definition) is 3. The molecule has 2 heterocycles. The maximum absolute atomic E-state index is 12.0. The number of nitrogens with zero attached hydrogens (tertiary/aromatic N) is 1. The van der Waals surface area contributed by atoms with Crippen LogP contribution < -0.4 is 5.32 Å². The van der Waals surface area contributed by atoms with Crippen molar-refractivity contribution >= 4 is 39.6 Å². The summed E-state index contributed by atoms with van der Waals surface area (Å²) in [6.07, 6.45) is 0.824. The first kappa shape index (κ1) is 16.1. The number of nitrogens with one attached hydrogen (secondary N) is 1. The van der Waals surface area contributed by atoms with Crippen molar-refractivity contribution in [2.45, 2.75) is 6.42 Å². The van der Waals surface area contributed by atoms with Gasteiger partial charge in [-0.15, -0.1) is 11.3 Å². The number of carbonyl (C=O) groups is 1. The molecule has 0 saturated heterocycles. The van der Waals surface area contributed by atoms with Crippen LogP contribution in [-0.2, 0) is 11.2 Å². The highest BCUT2D eigenvalue weighted by atomic mass is 35.5. The van der Waals surface area contributed by atoms with E-state index in [9.17, 15) is 4.79 Å². The molecule has 3 aromatic rings. The van der Waals surface area contributed by atoms with Crippen LogP contribution in [0.25, 0.3) is 0 Å². The number of benzene rings is 2. The third-order valence-corrected chi connectivity index (χ3v) is 5.40. The Balaban J connectivity index is 1.77. The number of rotatable bonds is 3.